The van der Waals surface area contributed by atoms with E-state index in [0.717, 1.165) is 11.3 Å². The molecule has 0 aliphatic rings. The number of primary amides is 1. The van der Waals surface area contributed by atoms with Gasteiger partial charge in [-0.25, -0.2) is 0 Å². The summed E-state index contributed by atoms with van der Waals surface area (Å²) >= 11 is 2.49. The SMILES string of the molecule is COc1ccccc1-c1nnc(SC(C)C(=O)Nc2sccc2C(N)=O)n1Cc1ccco1. The van der Waals surface area contributed by atoms with Crippen LogP contribution in [0.25, 0.3) is 11.4 Å². The lowest BCUT2D eigenvalue weighted by atomic mass is 10.2. The van der Waals surface area contributed by atoms with Crippen LogP contribution in [0, 0.1) is 0 Å². The molecule has 0 saturated heterocycles. The van der Waals surface area contributed by atoms with E-state index in [0.29, 0.717) is 28.3 Å². The van der Waals surface area contributed by atoms with Crippen LogP contribution in [0.2, 0.25) is 0 Å². The number of carbonyl (C=O) groups is 2. The summed E-state index contributed by atoms with van der Waals surface area (Å²) < 4.78 is 12.9. The van der Waals surface area contributed by atoms with Gasteiger partial charge in [-0.15, -0.1) is 21.5 Å². The quantitative estimate of drug-likeness (QED) is 0.346. The predicted octanol–water partition coefficient (Wildman–Crippen LogP) is 3.87. The van der Waals surface area contributed by atoms with Crippen LogP contribution in [0.5, 0.6) is 5.75 Å². The van der Waals surface area contributed by atoms with Crippen molar-refractivity contribution in [1.29, 1.82) is 0 Å². The van der Waals surface area contributed by atoms with Gasteiger partial charge in [0.05, 0.1) is 36.3 Å². The first kappa shape index (κ1) is 22.6. The zero-order chi connectivity index (χ0) is 23.4. The molecule has 0 aliphatic heterocycles. The van der Waals surface area contributed by atoms with Crippen molar-refractivity contribution in [2.24, 2.45) is 5.73 Å². The molecule has 170 valence electrons. The van der Waals surface area contributed by atoms with E-state index in [1.165, 1.54) is 23.1 Å². The molecule has 3 heterocycles. The first-order chi connectivity index (χ1) is 16.0. The molecular weight excluding hydrogens is 462 g/mol. The van der Waals surface area contributed by atoms with Gasteiger partial charge in [0.15, 0.2) is 11.0 Å². The molecule has 3 aromatic heterocycles. The van der Waals surface area contributed by atoms with Gasteiger partial charge in [-0.3, -0.25) is 14.2 Å². The average molecular weight is 484 g/mol. The van der Waals surface area contributed by atoms with Gasteiger partial charge in [0, 0.05) is 0 Å². The van der Waals surface area contributed by atoms with Gasteiger partial charge < -0.3 is 20.2 Å². The molecule has 1 aromatic carbocycles. The molecular formula is C22H21N5O4S2. The summed E-state index contributed by atoms with van der Waals surface area (Å²) in [6.45, 7) is 2.13. The van der Waals surface area contributed by atoms with Crippen LogP contribution in [-0.2, 0) is 11.3 Å². The molecule has 4 rings (SSSR count). The van der Waals surface area contributed by atoms with E-state index >= 15 is 0 Å². The summed E-state index contributed by atoms with van der Waals surface area (Å²) in [4.78, 5) is 24.4. The Balaban J connectivity index is 1.61. The summed E-state index contributed by atoms with van der Waals surface area (Å²) in [5.41, 5.74) is 6.42. The van der Waals surface area contributed by atoms with Crippen molar-refractivity contribution in [3.05, 3.63) is 65.4 Å². The fourth-order valence-corrected chi connectivity index (χ4v) is 4.77. The van der Waals surface area contributed by atoms with Crippen molar-refractivity contribution in [2.75, 3.05) is 12.4 Å². The zero-order valence-corrected chi connectivity index (χ0v) is 19.5. The largest absolute Gasteiger partial charge is 0.496 e. The van der Waals surface area contributed by atoms with Crippen molar-refractivity contribution in [3.8, 4) is 17.1 Å². The number of para-hydroxylation sites is 1. The lowest BCUT2D eigenvalue weighted by molar-refractivity contribution is -0.115. The summed E-state index contributed by atoms with van der Waals surface area (Å²) in [6, 6.07) is 12.8. The van der Waals surface area contributed by atoms with E-state index in [2.05, 4.69) is 15.5 Å². The standard InChI is InChI=1S/C22H21N5O4S2/c1-13(20(29)24-21-16(18(23)28)9-11-32-21)33-22-26-25-19(15-7-3-4-8-17(15)30-2)27(22)12-14-6-5-10-31-14/h3-11,13H,12H2,1-2H3,(H2,23,28)(H,24,29). The highest BCUT2D eigenvalue weighted by Crippen LogP contribution is 2.33. The number of rotatable bonds is 9. The highest BCUT2D eigenvalue weighted by atomic mass is 32.2. The maximum atomic E-state index is 12.8. The van der Waals surface area contributed by atoms with Gasteiger partial charge in [0.25, 0.3) is 5.91 Å². The monoisotopic (exact) mass is 483 g/mol. The Bertz CT molecular complexity index is 1270. The molecule has 4 aromatic rings. The smallest absolute Gasteiger partial charge is 0.251 e. The molecule has 11 heteroatoms. The van der Waals surface area contributed by atoms with E-state index in [1.807, 2.05) is 41.0 Å². The van der Waals surface area contributed by atoms with Crippen molar-refractivity contribution in [3.63, 3.8) is 0 Å². The van der Waals surface area contributed by atoms with Gasteiger partial charge in [-0.05, 0) is 42.6 Å². The van der Waals surface area contributed by atoms with Crippen LogP contribution < -0.4 is 15.8 Å². The van der Waals surface area contributed by atoms with Crippen LogP contribution in [-0.4, -0.2) is 38.9 Å². The number of anilines is 1. The maximum Gasteiger partial charge on any atom is 0.251 e. The van der Waals surface area contributed by atoms with Crippen molar-refractivity contribution in [1.82, 2.24) is 14.8 Å². The van der Waals surface area contributed by atoms with Crippen LogP contribution in [0.3, 0.4) is 0 Å². The highest BCUT2D eigenvalue weighted by molar-refractivity contribution is 8.00. The molecule has 1 unspecified atom stereocenters. The molecule has 0 radical (unpaired) electrons. The number of amides is 2. The molecule has 0 aliphatic carbocycles. The number of furan rings is 1. The predicted molar refractivity (Wildman–Crippen MR) is 127 cm³/mol. The van der Waals surface area contributed by atoms with E-state index < -0.39 is 11.2 Å². The third-order valence-corrected chi connectivity index (χ3v) is 6.69. The van der Waals surface area contributed by atoms with Crippen molar-refractivity contribution < 1.29 is 18.7 Å². The fraction of sp³-hybridized carbons (Fsp3) is 0.182. The minimum atomic E-state index is -0.591. The third kappa shape index (κ3) is 4.94. The topological polar surface area (TPSA) is 125 Å². The number of carbonyl (C=O) groups excluding carboxylic acids is 2. The molecule has 0 saturated carbocycles. The summed E-state index contributed by atoms with van der Waals surface area (Å²) in [5.74, 6) is 1.09. The molecule has 3 N–H and O–H groups in total. The number of thioether (sulfide) groups is 1. The zero-order valence-electron chi connectivity index (χ0n) is 17.8. The minimum Gasteiger partial charge on any atom is -0.496 e. The summed E-state index contributed by atoms with van der Waals surface area (Å²) in [6.07, 6.45) is 1.60. The van der Waals surface area contributed by atoms with Crippen LogP contribution in [0.1, 0.15) is 23.0 Å². The average Bonchev–Trinajstić information content (AvgIpc) is 3.56. The van der Waals surface area contributed by atoms with E-state index in [-0.39, 0.29) is 11.5 Å². The van der Waals surface area contributed by atoms with Gasteiger partial charge in [0.1, 0.15) is 16.5 Å². The number of nitrogens with two attached hydrogens (primary N) is 1. The number of hydrogen-bond acceptors (Lipinski definition) is 8. The van der Waals surface area contributed by atoms with Crippen LogP contribution in [0.15, 0.2) is 63.7 Å². The Kier molecular flexibility index (Phi) is 6.80. The number of nitrogens with one attached hydrogen (secondary N) is 1. The number of thiophene rings is 1. The highest BCUT2D eigenvalue weighted by Gasteiger charge is 2.24. The summed E-state index contributed by atoms with van der Waals surface area (Å²) in [7, 11) is 1.60. The second-order valence-electron chi connectivity index (χ2n) is 6.95. The number of aromatic nitrogens is 3. The lowest BCUT2D eigenvalue weighted by Gasteiger charge is -2.14. The third-order valence-electron chi connectivity index (χ3n) is 4.78. The number of benzene rings is 1. The van der Waals surface area contributed by atoms with Gasteiger partial charge in [0.2, 0.25) is 5.91 Å². The Hall–Kier alpha value is -3.57. The first-order valence-electron chi connectivity index (χ1n) is 9.91. The molecule has 9 nitrogen and oxygen atoms in total. The van der Waals surface area contributed by atoms with Crippen molar-refractivity contribution in [2.45, 2.75) is 23.9 Å². The molecule has 33 heavy (non-hydrogen) atoms. The van der Waals surface area contributed by atoms with Gasteiger partial charge >= 0.3 is 0 Å². The van der Waals surface area contributed by atoms with E-state index in [4.69, 9.17) is 14.9 Å². The van der Waals surface area contributed by atoms with Gasteiger partial charge in [-0.2, -0.15) is 0 Å². The van der Waals surface area contributed by atoms with Gasteiger partial charge in [-0.1, -0.05) is 23.9 Å². The Morgan fingerprint density at radius 1 is 1.24 bits per heavy atom. The molecule has 0 spiro atoms. The van der Waals surface area contributed by atoms with E-state index in [9.17, 15) is 9.59 Å². The fourth-order valence-electron chi connectivity index (χ4n) is 3.13. The van der Waals surface area contributed by atoms with Crippen molar-refractivity contribution >= 4 is 39.9 Å². The second-order valence-corrected chi connectivity index (χ2v) is 9.17. The minimum absolute atomic E-state index is 0.281. The molecule has 0 fully saturated rings. The number of hydrogen-bond donors (Lipinski definition) is 2. The second kappa shape index (κ2) is 9.92. The molecule has 0 bridgehead atoms. The van der Waals surface area contributed by atoms with Crippen LogP contribution >= 0.6 is 23.1 Å². The Morgan fingerprint density at radius 2 is 2.06 bits per heavy atom. The van der Waals surface area contributed by atoms with E-state index in [1.54, 1.807) is 31.7 Å². The molecule has 2 amide bonds. The Morgan fingerprint density at radius 3 is 2.79 bits per heavy atom. The van der Waals surface area contributed by atoms with Crippen LogP contribution in [0.4, 0.5) is 5.00 Å². The number of nitrogens with zero attached hydrogens (tertiary/aromatic N) is 3. The Labute approximate surface area is 198 Å². The maximum absolute atomic E-state index is 12.8. The first-order valence-corrected chi connectivity index (χ1v) is 11.7. The number of ether oxygens (including phenoxy) is 1. The normalized spacial score (nSPS) is 11.8. The molecule has 1 atom stereocenters. The lowest BCUT2D eigenvalue weighted by Crippen LogP contribution is -2.24. The summed E-state index contributed by atoms with van der Waals surface area (Å²) in [5, 5.41) is 13.6. The number of methoxy groups -OCH3 is 1.